The fraction of sp³-hybridized carbons (Fsp3) is 0.111. The van der Waals surface area contributed by atoms with Gasteiger partial charge in [-0.15, -0.1) is 0 Å². The number of fused-ring (bicyclic) bond motifs is 8. The number of benzene rings is 3. The van der Waals surface area contributed by atoms with Crippen LogP contribution in [0.15, 0.2) is 72.9 Å². The van der Waals surface area contributed by atoms with Crippen molar-refractivity contribution in [2.45, 2.75) is 19.3 Å². The Morgan fingerprint density at radius 3 is 2.61 bits per heavy atom. The number of aromatic nitrogens is 4. The van der Waals surface area contributed by atoms with E-state index < -0.39 is 0 Å². The van der Waals surface area contributed by atoms with Gasteiger partial charge in [0.25, 0.3) is 0 Å². The van der Waals surface area contributed by atoms with Gasteiger partial charge in [-0.05, 0) is 41.0 Å². The van der Waals surface area contributed by atoms with E-state index in [2.05, 4.69) is 53.1 Å². The highest BCUT2D eigenvalue weighted by atomic mass is 16.3. The molecule has 0 bridgehead atoms. The van der Waals surface area contributed by atoms with Crippen LogP contribution in [0, 0.1) is 0 Å². The molecular weight excluding hydrogens is 407 g/mol. The molecule has 0 saturated carbocycles. The fourth-order valence-electron chi connectivity index (χ4n) is 5.55. The number of imidazole rings is 2. The van der Waals surface area contributed by atoms with Crippen LogP contribution in [-0.4, -0.2) is 31.9 Å². The topological polar surface area (TPSA) is 55.3 Å². The Labute approximate surface area is 191 Å². The van der Waals surface area contributed by atoms with E-state index in [4.69, 9.17) is 17.8 Å². The molecule has 6 heteroatoms. The number of para-hydroxylation sites is 1. The Balaban J connectivity index is 1.68. The standard InChI is InChI=1S/C27H19BN4O/c1-27(2)18-7-4-3-6-16(18)17-12-13-29-25(23(17)27)32-22-14-15(33)10-11-20(22)31-21-9-5-8-19(28)24(21)30-26(31)32/h3-14,33H,1-2H3. The molecule has 3 aromatic heterocycles. The minimum absolute atomic E-state index is 0.198. The van der Waals surface area contributed by atoms with Crippen molar-refractivity contribution in [1.29, 1.82) is 0 Å². The molecule has 0 fully saturated rings. The Kier molecular flexibility index (Phi) is 3.39. The molecule has 7 rings (SSSR count). The number of pyridine rings is 1. The van der Waals surface area contributed by atoms with Crippen molar-refractivity contribution in [1.82, 2.24) is 18.9 Å². The third kappa shape index (κ3) is 2.23. The maximum Gasteiger partial charge on any atom is 0.221 e. The van der Waals surface area contributed by atoms with E-state index in [-0.39, 0.29) is 11.2 Å². The second kappa shape index (κ2) is 6.04. The lowest BCUT2D eigenvalue weighted by Gasteiger charge is -2.23. The average Bonchev–Trinajstić information content (AvgIpc) is 3.41. The summed E-state index contributed by atoms with van der Waals surface area (Å²) in [6, 6.07) is 21.8. The van der Waals surface area contributed by atoms with E-state index in [9.17, 15) is 5.11 Å². The lowest BCUT2D eigenvalue weighted by Crippen LogP contribution is -2.19. The van der Waals surface area contributed by atoms with Crippen molar-refractivity contribution in [3.8, 4) is 22.7 Å². The maximum atomic E-state index is 10.4. The molecule has 0 saturated heterocycles. The summed E-state index contributed by atoms with van der Waals surface area (Å²) in [5.74, 6) is 1.73. The third-order valence-corrected chi connectivity index (χ3v) is 7.00. The van der Waals surface area contributed by atoms with Crippen molar-refractivity contribution >= 4 is 41.2 Å². The highest BCUT2D eigenvalue weighted by molar-refractivity contribution is 6.38. The Bertz CT molecular complexity index is 1780. The molecule has 0 spiro atoms. The smallest absolute Gasteiger partial charge is 0.221 e. The maximum absolute atomic E-state index is 10.4. The van der Waals surface area contributed by atoms with Crippen LogP contribution in [0.1, 0.15) is 25.0 Å². The van der Waals surface area contributed by atoms with Gasteiger partial charge in [-0.2, -0.15) is 0 Å². The lowest BCUT2D eigenvalue weighted by molar-refractivity contribution is 0.476. The molecule has 0 atom stereocenters. The van der Waals surface area contributed by atoms with Gasteiger partial charge in [0.15, 0.2) is 0 Å². The number of hydrogen-bond acceptors (Lipinski definition) is 3. The zero-order valence-corrected chi connectivity index (χ0v) is 18.2. The first-order valence-corrected chi connectivity index (χ1v) is 11.0. The Morgan fingerprint density at radius 1 is 0.879 bits per heavy atom. The van der Waals surface area contributed by atoms with E-state index >= 15 is 0 Å². The summed E-state index contributed by atoms with van der Waals surface area (Å²) in [6.07, 6.45) is 1.86. The summed E-state index contributed by atoms with van der Waals surface area (Å²) < 4.78 is 4.15. The summed E-state index contributed by atoms with van der Waals surface area (Å²) in [5, 5.41) is 10.4. The van der Waals surface area contributed by atoms with Crippen LogP contribution in [0.3, 0.4) is 0 Å². The number of phenolic OH excluding ortho intramolecular Hbond substituents is 1. The number of hydrogen-bond donors (Lipinski definition) is 1. The average molecular weight is 426 g/mol. The van der Waals surface area contributed by atoms with Crippen molar-refractivity contribution in [2.75, 3.05) is 0 Å². The molecule has 5 nitrogen and oxygen atoms in total. The fourth-order valence-corrected chi connectivity index (χ4v) is 5.55. The lowest BCUT2D eigenvalue weighted by atomic mass is 9.82. The minimum atomic E-state index is -0.245. The summed E-state index contributed by atoms with van der Waals surface area (Å²) in [7, 11) is 6.29. The second-order valence-electron chi connectivity index (χ2n) is 9.20. The van der Waals surface area contributed by atoms with Gasteiger partial charge in [0.2, 0.25) is 5.78 Å². The molecule has 1 aliphatic carbocycles. The first kappa shape index (κ1) is 18.5. The van der Waals surface area contributed by atoms with Crippen molar-refractivity contribution in [3.05, 3.63) is 84.1 Å². The molecule has 0 unspecified atom stereocenters. The molecule has 3 heterocycles. The molecule has 3 aromatic carbocycles. The minimum Gasteiger partial charge on any atom is -0.508 e. The molecule has 33 heavy (non-hydrogen) atoms. The molecular formula is C27H19BN4O. The van der Waals surface area contributed by atoms with E-state index in [0.29, 0.717) is 5.46 Å². The van der Waals surface area contributed by atoms with Crippen LogP contribution in [-0.2, 0) is 5.41 Å². The molecule has 1 N–H and O–H groups in total. The van der Waals surface area contributed by atoms with Crippen LogP contribution in [0.5, 0.6) is 5.75 Å². The first-order chi connectivity index (χ1) is 16.0. The zero-order chi connectivity index (χ0) is 22.5. The monoisotopic (exact) mass is 426 g/mol. The Morgan fingerprint density at radius 2 is 1.73 bits per heavy atom. The molecule has 0 amide bonds. The summed E-state index contributed by atoms with van der Waals surface area (Å²) >= 11 is 0. The van der Waals surface area contributed by atoms with Gasteiger partial charge >= 0.3 is 0 Å². The van der Waals surface area contributed by atoms with Crippen molar-refractivity contribution in [3.63, 3.8) is 0 Å². The first-order valence-electron chi connectivity index (χ1n) is 11.0. The molecule has 156 valence electrons. The summed E-state index contributed by atoms with van der Waals surface area (Å²) in [4.78, 5) is 9.85. The van der Waals surface area contributed by atoms with Crippen LogP contribution in [0.4, 0.5) is 0 Å². The van der Waals surface area contributed by atoms with Gasteiger partial charge in [-0.3, -0.25) is 8.97 Å². The second-order valence-corrected chi connectivity index (χ2v) is 9.20. The SMILES string of the molecule is [B]c1cccc2c1nc1n(-c3nccc4c3C(C)(C)c3ccccc3-4)c3cc(O)ccc3n21. The summed E-state index contributed by atoms with van der Waals surface area (Å²) in [5.41, 5.74) is 8.68. The van der Waals surface area contributed by atoms with Gasteiger partial charge < -0.3 is 5.11 Å². The highest BCUT2D eigenvalue weighted by Gasteiger charge is 2.39. The van der Waals surface area contributed by atoms with Gasteiger partial charge in [0.1, 0.15) is 19.4 Å². The molecule has 6 aromatic rings. The van der Waals surface area contributed by atoms with E-state index in [1.807, 2.05) is 30.5 Å². The predicted molar refractivity (Wildman–Crippen MR) is 132 cm³/mol. The van der Waals surface area contributed by atoms with E-state index in [1.54, 1.807) is 12.1 Å². The van der Waals surface area contributed by atoms with Crippen LogP contribution < -0.4 is 5.46 Å². The normalized spacial score (nSPS) is 14.2. The van der Waals surface area contributed by atoms with Gasteiger partial charge in [-0.1, -0.05) is 55.7 Å². The third-order valence-electron chi connectivity index (χ3n) is 7.00. The number of nitrogens with zero attached hydrogens (tertiary/aromatic N) is 4. The number of phenols is 1. The molecule has 2 radical (unpaired) electrons. The quantitative estimate of drug-likeness (QED) is 0.390. The summed E-state index contributed by atoms with van der Waals surface area (Å²) in [6.45, 7) is 4.48. The van der Waals surface area contributed by atoms with Crippen LogP contribution in [0.2, 0.25) is 0 Å². The van der Waals surface area contributed by atoms with E-state index in [1.165, 1.54) is 16.7 Å². The van der Waals surface area contributed by atoms with Crippen LogP contribution in [0.25, 0.3) is 44.8 Å². The van der Waals surface area contributed by atoms with Gasteiger partial charge in [0, 0.05) is 23.2 Å². The van der Waals surface area contributed by atoms with Crippen LogP contribution >= 0.6 is 0 Å². The van der Waals surface area contributed by atoms with Crippen molar-refractivity contribution < 1.29 is 5.11 Å². The largest absolute Gasteiger partial charge is 0.508 e. The predicted octanol–water partition coefficient (Wildman–Crippen LogP) is 4.63. The Hall–Kier alpha value is -4.06. The van der Waals surface area contributed by atoms with Gasteiger partial charge in [-0.25, -0.2) is 9.97 Å². The highest BCUT2D eigenvalue weighted by Crippen LogP contribution is 2.50. The zero-order valence-electron chi connectivity index (χ0n) is 18.2. The number of aromatic hydroxyl groups is 1. The van der Waals surface area contributed by atoms with Crippen molar-refractivity contribution in [2.24, 2.45) is 0 Å². The molecule has 0 aliphatic heterocycles. The van der Waals surface area contributed by atoms with Gasteiger partial charge in [0.05, 0.1) is 22.1 Å². The number of rotatable bonds is 1. The van der Waals surface area contributed by atoms with E-state index in [0.717, 1.165) is 39.2 Å². The molecule has 1 aliphatic rings.